The van der Waals surface area contributed by atoms with Crippen LogP contribution in [0.3, 0.4) is 0 Å². The highest BCUT2D eigenvalue weighted by Crippen LogP contribution is 2.32. The fourth-order valence-corrected chi connectivity index (χ4v) is 2.72. The van der Waals surface area contributed by atoms with E-state index in [-0.39, 0.29) is 11.9 Å². The van der Waals surface area contributed by atoms with E-state index in [1.165, 1.54) is 12.8 Å². The van der Waals surface area contributed by atoms with Crippen molar-refractivity contribution in [1.29, 1.82) is 0 Å². The van der Waals surface area contributed by atoms with Crippen LogP contribution in [0.25, 0.3) is 0 Å². The van der Waals surface area contributed by atoms with Gasteiger partial charge in [0.15, 0.2) is 0 Å². The molecule has 1 saturated carbocycles. The van der Waals surface area contributed by atoms with E-state index >= 15 is 0 Å². The zero-order chi connectivity index (χ0) is 14.7. The average Bonchev–Trinajstić information content (AvgIpc) is 3.16. The number of nitrogens with one attached hydrogen (secondary N) is 1. The van der Waals surface area contributed by atoms with Gasteiger partial charge in [0, 0.05) is 22.6 Å². The Morgan fingerprint density at radius 1 is 1.45 bits per heavy atom. The molecule has 0 unspecified atom stereocenters. The molecule has 0 aromatic heterocycles. The van der Waals surface area contributed by atoms with Crippen molar-refractivity contribution in [3.05, 3.63) is 33.8 Å². The monoisotopic (exact) mass is 314 g/mol. The minimum absolute atomic E-state index is 0.0667. The molecule has 1 aliphatic carbocycles. The van der Waals surface area contributed by atoms with Crippen LogP contribution < -0.4 is 5.32 Å². The second-order valence-corrected chi connectivity index (χ2v) is 6.45. The molecule has 5 heteroatoms. The van der Waals surface area contributed by atoms with Crippen LogP contribution in [0.15, 0.2) is 18.2 Å². The summed E-state index contributed by atoms with van der Waals surface area (Å²) in [6, 6.07) is 5.72. The van der Waals surface area contributed by atoms with Gasteiger partial charge < -0.3 is 5.32 Å². The van der Waals surface area contributed by atoms with Crippen LogP contribution in [0.4, 0.5) is 0 Å². The van der Waals surface area contributed by atoms with E-state index in [2.05, 4.69) is 12.2 Å². The molecular weight excluding hydrogens is 295 g/mol. The number of carbonyl (C=O) groups is 1. The summed E-state index contributed by atoms with van der Waals surface area (Å²) >= 11 is 12.0. The molecule has 0 aliphatic heterocycles. The van der Waals surface area contributed by atoms with Crippen LogP contribution in [0.5, 0.6) is 0 Å². The Balaban J connectivity index is 1.81. The van der Waals surface area contributed by atoms with Gasteiger partial charge >= 0.3 is 0 Å². The first-order valence-electron chi connectivity index (χ1n) is 6.87. The Labute approximate surface area is 130 Å². The second kappa shape index (κ2) is 6.79. The smallest absolute Gasteiger partial charge is 0.234 e. The fourth-order valence-electron chi connectivity index (χ4n) is 2.26. The van der Waals surface area contributed by atoms with Crippen LogP contribution in [-0.2, 0) is 11.3 Å². The lowest BCUT2D eigenvalue weighted by Crippen LogP contribution is -2.40. The van der Waals surface area contributed by atoms with Gasteiger partial charge in [0.1, 0.15) is 0 Å². The molecule has 2 rings (SSSR count). The van der Waals surface area contributed by atoms with E-state index in [1.807, 2.05) is 24.1 Å². The molecule has 1 aliphatic rings. The molecule has 0 bridgehead atoms. The van der Waals surface area contributed by atoms with Crippen molar-refractivity contribution >= 4 is 29.1 Å². The maximum absolute atomic E-state index is 11.9. The minimum atomic E-state index is 0.0667. The SMILES string of the molecule is C[C@H](NC(=O)CN(C)Cc1ccc(Cl)cc1Cl)C1CC1. The first-order valence-corrected chi connectivity index (χ1v) is 7.63. The standard InChI is InChI=1S/C15H20Cl2N2O/c1-10(11-3-4-11)18-15(20)9-19(2)8-12-5-6-13(16)7-14(12)17/h5-7,10-11H,3-4,8-9H2,1-2H3,(H,18,20)/t10-/m0/s1. The summed E-state index contributed by atoms with van der Waals surface area (Å²) in [7, 11) is 1.91. The Morgan fingerprint density at radius 3 is 2.75 bits per heavy atom. The fraction of sp³-hybridized carbons (Fsp3) is 0.533. The van der Waals surface area contributed by atoms with Crippen molar-refractivity contribution in [3.8, 4) is 0 Å². The number of rotatable bonds is 6. The first-order chi connectivity index (χ1) is 9.45. The highest BCUT2D eigenvalue weighted by atomic mass is 35.5. The molecule has 1 atom stereocenters. The van der Waals surface area contributed by atoms with Gasteiger partial charge in [0.25, 0.3) is 0 Å². The third-order valence-electron chi connectivity index (χ3n) is 3.59. The van der Waals surface area contributed by atoms with Crippen LogP contribution in [0.1, 0.15) is 25.3 Å². The van der Waals surface area contributed by atoms with E-state index in [9.17, 15) is 4.79 Å². The molecule has 1 N–H and O–H groups in total. The van der Waals surface area contributed by atoms with Crippen molar-refractivity contribution in [1.82, 2.24) is 10.2 Å². The minimum Gasteiger partial charge on any atom is -0.352 e. The van der Waals surface area contributed by atoms with E-state index in [4.69, 9.17) is 23.2 Å². The maximum Gasteiger partial charge on any atom is 0.234 e. The molecule has 1 amide bonds. The summed E-state index contributed by atoms with van der Waals surface area (Å²) in [5, 5.41) is 4.31. The summed E-state index contributed by atoms with van der Waals surface area (Å²) in [4.78, 5) is 13.9. The van der Waals surface area contributed by atoms with Gasteiger partial charge in [0.05, 0.1) is 6.54 Å². The second-order valence-electron chi connectivity index (χ2n) is 5.60. The molecular formula is C15H20Cl2N2O. The number of carbonyl (C=O) groups excluding carboxylic acids is 1. The van der Waals surface area contributed by atoms with Gasteiger partial charge in [-0.15, -0.1) is 0 Å². The first kappa shape index (κ1) is 15.6. The summed E-state index contributed by atoms with van der Waals surface area (Å²) < 4.78 is 0. The van der Waals surface area contributed by atoms with Crippen molar-refractivity contribution in [3.63, 3.8) is 0 Å². The third-order valence-corrected chi connectivity index (χ3v) is 4.17. The van der Waals surface area contributed by atoms with E-state index in [0.29, 0.717) is 29.1 Å². The Hall–Kier alpha value is -0.770. The number of nitrogens with zero attached hydrogens (tertiary/aromatic N) is 1. The molecule has 110 valence electrons. The molecule has 1 aromatic rings. The van der Waals surface area contributed by atoms with E-state index < -0.39 is 0 Å². The molecule has 0 spiro atoms. The predicted octanol–water partition coefficient (Wildman–Crippen LogP) is 3.34. The molecule has 0 radical (unpaired) electrons. The summed E-state index contributed by atoms with van der Waals surface area (Å²) in [6.45, 7) is 3.07. The highest BCUT2D eigenvalue weighted by molar-refractivity contribution is 6.35. The Morgan fingerprint density at radius 2 is 2.15 bits per heavy atom. The van der Waals surface area contributed by atoms with Crippen molar-refractivity contribution in [2.45, 2.75) is 32.4 Å². The number of amides is 1. The van der Waals surface area contributed by atoms with Gasteiger partial charge in [-0.1, -0.05) is 29.3 Å². The van der Waals surface area contributed by atoms with Crippen molar-refractivity contribution in [2.24, 2.45) is 5.92 Å². The topological polar surface area (TPSA) is 32.3 Å². The van der Waals surface area contributed by atoms with Gasteiger partial charge in [-0.3, -0.25) is 9.69 Å². The lowest BCUT2D eigenvalue weighted by molar-refractivity contribution is -0.122. The number of benzene rings is 1. The lowest BCUT2D eigenvalue weighted by atomic mass is 10.2. The average molecular weight is 315 g/mol. The van der Waals surface area contributed by atoms with Gasteiger partial charge in [-0.05, 0) is 50.4 Å². The van der Waals surface area contributed by atoms with Crippen LogP contribution in [-0.4, -0.2) is 30.4 Å². The predicted molar refractivity (Wildman–Crippen MR) is 83.1 cm³/mol. The summed E-state index contributed by atoms with van der Waals surface area (Å²) in [6.07, 6.45) is 2.47. The molecule has 20 heavy (non-hydrogen) atoms. The van der Waals surface area contributed by atoms with Gasteiger partial charge in [-0.2, -0.15) is 0 Å². The zero-order valence-electron chi connectivity index (χ0n) is 11.8. The van der Waals surface area contributed by atoms with Crippen molar-refractivity contribution < 1.29 is 4.79 Å². The quantitative estimate of drug-likeness (QED) is 0.873. The van der Waals surface area contributed by atoms with Crippen molar-refractivity contribution in [2.75, 3.05) is 13.6 Å². The number of hydrogen-bond acceptors (Lipinski definition) is 2. The third kappa shape index (κ3) is 4.65. The Bertz CT molecular complexity index is 489. The molecule has 1 aromatic carbocycles. The number of halogens is 2. The molecule has 3 nitrogen and oxygen atoms in total. The zero-order valence-corrected chi connectivity index (χ0v) is 13.3. The number of hydrogen-bond donors (Lipinski definition) is 1. The van der Waals surface area contributed by atoms with E-state index in [1.54, 1.807) is 6.07 Å². The summed E-state index contributed by atoms with van der Waals surface area (Å²) in [5.41, 5.74) is 0.974. The van der Waals surface area contributed by atoms with Crippen LogP contribution >= 0.6 is 23.2 Å². The Kier molecular flexibility index (Phi) is 5.30. The molecule has 0 saturated heterocycles. The lowest BCUT2D eigenvalue weighted by Gasteiger charge is -2.19. The normalized spacial score (nSPS) is 16.2. The molecule has 0 heterocycles. The largest absolute Gasteiger partial charge is 0.352 e. The van der Waals surface area contributed by atoms with Crippen LogP contribution in [0, 0.1) is 5.92 Å². The van der Waals surface area contributed by atoms with Gasteiger partial charge in [-0.25, -0.2) is 0 Å². The van der Waals surface area contributed by atoms with Gasteiger partial charge in [0.2, 0.25) is 5.91 Å². The highest BCUT2D eigenvalue weighted by Gasteiger charge is 2.28. The molecule has 1 fully saturated rings. The number of likely N-dealkylation sites (N-methyl/N-ethyl adjacent to an activating group) is 1. The van der Waals surface area contributed by atoms with Crippen LogP contribution in [0.2, 0.25) is 10.0 Å². The maximum atomic E-state index is 11.9. The van der Waals surface area contributed by atoms with E-state index in [0.717, 1.165) is 5.56 Å². The summed E-state index contributed by atoms with van der Waals surface area (Å²) in [5.74, 6) is 0.743.